The van der Waals surface area contributed by atoms with Crippen LogP contribution in [0.3, 0.4) is 0 Å². The minimum atomic E-state index is 0.520. The fraction of sp³-hybridized carbons (Fsp3) is 0.417. The normalized spacial score (nSPS) is 21.1. The second-order valence-electron chi connectivity index (χ2n) is 3.91. The Labute approximate surface area is 90.3 Å². The van der Waals surface area contributed by atoms with Crippen LogP contribution < -0.4 is 10.2 Å². The predicted molar refractivity (Wildman–Crippen MR) is 60.8 cm³/mol. The minimum absolute atomic E-state index is 0.520. The van der Waals surface area contributed by atoms with E-state index in [1.165, 1.54) is 5.69 Å². The van der Waals surface area contributed by atoms with Crippen LogP contribution >= 0.6 is 0 Å². The van der Waals surface area contributed by atoms with E-state index in [9.17, 15) is 0 Å². The van der Waals surface area contributed by atoms with Crippen molar-refractivity contribution < 1.29 is 0 Å². The van der Waals surface area contributed by atoms with E-state index in [-0.39, 0.29) is 0 Å². The summed E-state index contributed by atoms with van der Waals surface area (Å²) in [5, 5.41) is 12.1. The van der Waals surface area contributed by atoms with Gasteiger partial charge in [-0.25, -0.2) is 0 Å². The van der Waals surface area contributed by atoms with Crippen LogP contribution in [-0.2, 0) is 0 Å². The Morgan fingerprint density at radius 2 is 2.13 bits per heavy atom. The third-order valence-corrected chi connectivity index (χ3v) is 2.83. The molecule has 0 bridgehead atoms. The zero-order chi connectivity index (χ0) is 10.7. The molecular weight excluding hydrogens is 186 g/mol. The maximum atomic E-state index is 8.72. The Morgan fingerprint density at radius 1 is 1.40 bits per heavy atom. The third-order valence-electron chi connectivity index (χ3n) is 2.83. The van der Waals surface area contributed by atoms with Crippen LogP contribution in [0.2, 0.25) is 0 Å². The highest BCUT2D eigenvalue weighted by atomic mass is 15.2. The average Bonchev–Trinajstić information content (AvgIpc) is 2.30. The molecule has 2 rings (SSSR count). The monoisotopic (exact) mass is 201 g/mol. The van der Waals surface area contributed by atoms with Gasteiger partial charge >= 0.3 is 0 Å². The lowest BCUT2D eigenvalue weighted by Gasteiger charge is -2.35. The molecule has 1 aliphatic rings. The molecule has 1 N–H and O–H groups in total. The van der Waals surface area contributed by atoms with Crippen LogP contribution in [-0.4, -0.2) is 25.7 Å². The molecule has 1 aromatic carbocycles. The number of nitrogens with one attached hydrogen (secondary N) is 1. The molecule has 1 fully saturated rings. The summed E-state index contributed by atoms with van der Waals surface area (Å²) in [6, 6.07) is 10.5. The standard InChI is InChI=1S/C12H15N3/c1-10-9-14-6-7-15(10)12-4-2-11(8-13)3-5-12/h2-5,10,14H,6-7,9H2,1H3/t10-/m1/s1. The summed E-state index contributed by atoms with van der Waals surface area (Å²) in [6.07, 6.45) is 0. The van der Waals surface area contributed by atoms with Gasteiger partial charge in [-0.05, 0) is 31.2 Å². The maximum absolute atomic E-state index is 8.72. The summed E-state index contributed by atoms with van der Waals surface area (Å²) >= 11 is 0. The van der Waals surface area contributed by atoms with Crippen molar-refractivity contribution in [3.63, 3.8) is 0 Å². The molecule has 15 heavy (non-hydrogen) atoms. The molecule has 0 saturated carbocycles. The molecule has 0 unspecified atom stereocenters. The molecule has 0 radical (unpaired) electrons. The average molecular weight is 201 g/mol. The number of nitriles is 1. The van der Waals surface area contributed by atoms with Gasteiger partial charge in [-0.15, -0.1) is 0 Å². The van der Waals surface area contributed by atoms with Gasteiger partial charge < -0.3 is 10.2 Å². The lowest BCUT2D eigenvalue weighted by atomic mass is 10.1. The summed E-state index contributed by atoms with van der Waals surface area (Å²) in [7, 11) is 0. The SMILES string of the molecule is C[C@@H]1CNCCN1c1ccc(C#N)cc1. The smallest absolute Gasteiger partial charge is 0.0991 e. The van der Waals surface area contributed by atoms with E-state index in [1.54, 1.807) is 0 Å². The molecule has 0 amide bonds. The number of benzene rings is 1. The van der Waals surface area contributed by atoms with E-state index in [0.717, 1.165) is 25.2 Å². The molecule has 0 aliphatic carbocycles. The second kappa shape index (κ2) is 4.33. The zero-order valence-electron chi connectivity index (χ0n) is 8.90. The molecule has 1 saturated heterocycles. The highest BCUT2D eigenvalue weighted by molar-refractivity contribution is 5.50. The number of nitrogens with zero attached hydrogens (tertiary/aromatic N) is 2. The zero-order valence-corrected chi connectivity index (χ0v) is 8.90. The van der Waals surface area contributed by atoms with Gasteiger partial charge in [-0.1, -0.05) is 0 Å². The van der Waals surface area contributed by atoms with Crippen molar-refractivity contribution in [3.05, 3.63) is 29.8 Å². The summed E-state index contributed by atoms with van der Waals surface area (Å²) in [4.78, 5) is 2.37. The van der Waals surface area contributed by atoms with Crippen molar-refractivity contribution in [3.8, 4) is 6.07 Å². The lowest BCUT2D eigenvalue weighted by Crippen LogP contribution is -2.49. The minimum Gasteiger partial charge on any atom is -0.366 e. The van der Waals surface area contributed by atoms with Gasteiger partial charge in [0.05, 0.1) is 11.6 Å². The van der Waals surface area contributed by atoms with Crippen LogP contribution in [0.4, 0.5) is 5.69 Å². The number of hydrogen-bond acceptors (Lipinski definition) is 3. The van der Waals surface area contributed by atoms with Crippen LogP contribution in [0.5, 0.6) is 0 Å². The van der Waals surface area contributed by atoms with Gasteiger partial charge in [0.2, 0.25) is 0 Å². The van der Waals surface area contributed by atoms with Crippen molar-refractivity contribution in [2.24, 2.45) is 0 Å². The first-order valence-electron chi connectivity index (χ1n) is 5.29. The Balaban J connectivity index is 2.18. The fourth-order valence-electron chi connectivity index (χ4n) is 1.95. The van der Waals surface area contributed by atoms with Crippen molar-refractivity contribution >= 4 is 5.69 Å². The molecular formula is C12H15N3. The molecule has 1 atom stereocenters. The highest BCUT2D eigenvalue weighted by Gasteiger charge is 2.17. The van der Waals surface area contributed by atoms with Crippen molar-refractivity contribution in [1.82, 2.24) is 5.32 Å². The molecule has 1 aromatic rings. The number of rotatable bonds is 1. The first kappa shape index (κ1) is 10.0. The van der Waals surface area contributed by atoms with Crippen molar-refractivity contribution in [2.45, 2.75) is 13.0 Å². The van der Waals surface area contributed by atoms with E-state index < -0.39 is 0 Å². The van der Waals surface area contributed by atoms with Crippen LogP contribution in [0.25, 0.3) is 0 Å². The topological polar surface area (TPSA) is 39.1 Å². The first-order chi connectivity index (χ1) is 7.31. The third kappa shape index (κ3) is 2.11. The largest absolute Gasteiger partial charge is 0.366 e. The van der Waals surface area contributed by atoms with E-state index in [4.69, 9.17) is 5.26 Å². The molecule has 0 aromatic heterocycles. The summed E-state index contributed by atoms with van der Waals surface area (Å²) in [5.41, 5.74) is 1.93. The van der Waals surface area contributed by atoms with E-state index in [1.807, 2.05) is 24.3 Å². The second-order valence-corrected chi connectivity index (χ2v) is 3.91. The summed E-state index contributed by atoms with van der Waals surface area (Å²) in [5.74, 6) is 0. The first-order valence-corrected chi connectivity index (χ1v) is 5.29. The van der Waals surface area contributed by atoms with Gasteiger partial charge in [0.1, 0.15) is 0 Å². The van der Waals surface area contributed by atoms with Crippen LogP contribution in [0.15, 0.2) is 24.3 Å². The van der Waals surface area contributed by atoms with Gasteiger partial charge in [-0.2, -0.15) is 5.26 Å². The van der Waals surface area contributed by atoms with Crippen LogP contribution in [0.1, 0.15) is 12.5 Å². The van der Waals surface area contributed by atoms with Gasteiger partial charge in [0, 0.05) is 31.4 Å². The molecule has 0 spiro atoms. The van der Waals surface area contributed by atoms with E-state index >= 15 is 0 Å². The maximum Gasteiger partial charge on any atom is 0.0991 e. The number of anilines is 1. The number of hydrogen-bond donors (Lipinski definition) is 1. The molecule has 3 heteroatoms. The molecule has 78 valence electrons. The predicted octanol–water partition coefficient (Wildman–Crippen LogP) is 1.36. The highest BCUT2D eigenvalue weighted by Crippen LogP contribution is 2.18. The number of piperazine rings is 1. The Hall–Kier alpha value is -1.53. The van der Waals surface area contributed by atoms with E-state index in [2.05, 4.69) is 23.2 Å². The molecule has 1 heterocycles. The van der Waals surface area contributed by atoms with Gasteiger partial charge in [0.15, 0.2) is 0 Å². The molecule has 1 aliphatic heterocycles. The van der Waals surface area contributed by atoms with Crippen molar-refractivity contribution in [2.75, 3.05) is 24.5 Å². The Bertz CT molecular complexity index is 363. The Kier molecular flexibility index (Phi) is 2.89. The lowest BCUT2D eigenvalue weighted by molar-refractivity contribution is 0.501. The van der Waals surface area contributed by atoms with Gasteiger partial charge in [0.25, 0.3) is 0 Å². The quantitative estimate of drug-likeness (QED) is 0.745. The van der Waals surface area contributed by atoms with Gasteiger partial charge in [-0.3, -0.25) is 0 Å². The molecule has 3 nitrogen and oxygen atoms in total. The van der Waals surface area contributed by atoms with E-state index in [0.29, 0.717) is 6.04 Å². The summed E-state index contributed by atoms with van der Waals surface area (Å²) < 4.78 is 0. The summed E-state index contributed by atoms with van der Waals surface area (Å²) in [6.45, 7) is 5.31. The Morgan fingerprint density at radius 3 is 2.73 bits per heavy atom. The van der Waals surface area contributed by atoms with Crippen molar-refractivity contribution in [1.29, 1.82) is 5.26 Å². The van der Waals surface area contributed by atoms with Crippen LogP contribution in [0, 0.1) is 11.3 Å². The fourth-order valence-corrected chi connectivity index (χ4v) is 1.95.